The van der Waals surface area contributed by atoms with E-state index in [0.29, 0.717) is 17.0 Å². The van der Waals surface area contributed by atoms with Crippen LogP contribution < -0.4 is 10.6 Å². The Kier molecular flexibility index (Phi) is 5.25. The molecule has 2 rings (SSSR count). The van der Waals surface area contributed by atoms with Gasteiger partial charge in [-0.05, 0) is 25.7 Å². The van der Waals surface area contributed by atoms with Crippen molar-refractivity contribution in [3.8, 4) is 0 Å². The Morgan fingerprint density at radius 1 is 1.37 bits per heavy atom. The highest BCUT2D eigenvalue weighted by Gasteiger charge is 2.21. The Bertz CT molecular complexity index is 410. The Balaban J connectivity index is 2.03. The molecule has 2 N–H and O–H groups in total. The summed E-state index contributed by atoms with van der Waals surface area (Å²) in [6.07, 6.45) is 7.99. The van der Waals surface area contributed by atoms with Crippen molar-refractivity contribution in [2.45, 2.75) is 52.0 Å². The van der Waals surface area contributed by atoms with Crippen molar-refractivity contribution >= 4 is 23.4 Å². The molecule has 4 nitrogen and oxygen atoms in total. The van der Waals surface area contributed by atoms with Gasteiger partial charge in [0, 0.05) is 12.6 Å². The summed E-state index contributed by atoms with van der Waals surface area (Å²) in [5, 5.41) is 7.20. The summed E-state index contributed by atoms with van der Waals surface area (Å²) < 4.78 is 0. The van der Waals surface area contributed by atoms with Gasteiger partial charge in [0.15, 0.2) is 5.82 Å². The normalized spacial score (nSPS) is 23.1. The van der Waals surface area contributed by atoms with Crippen molar-refractivity contribution in [3.05, 3.63) is 11.2 Å². The fourth-order valence-electron chi connectivity index (χ4n) is 2.70. The average molecular weight is 283 g/mol. The summed E-state index contributed by atoms with van der Waals surface area (Å²) in [6.45, 7) is 5.11. The van der Waals surface area contributed by atoms with Crippen molar-refractivity contribution in [2.24, 2.45) is 5.92 Å². The molecule has 1 aliphatic carbocycles. The molecule has 0 amide bonds. The first-order valence-electron chi connectivity index (χ1n) is 7.25. The second-order valence-corrected chi connectivity index (χ2v) is 5.61. The molecule has 1 fully saturated rings. The Hall–Kier alpha value is -1.03. The molecular formula is C14H23ClN4. The van der Waals surface area contributed by atoms with Gasteiger partial charge in [-0.1, -0.05) is 37.8 Å². The molecule has 0 aromatic carbocycles. The minimum absolute atomic E-state index is 0.487. The van der Waals surface area contributed by atoms with Crippen molar-refractivity contribution in [2.75, 3.05) is 17.2 Å². The van der Waals surface area contributed by atoms with Crippen LogP contribution in [0.25, 0.3) is 0 Å². The second kappa shape index (κ2) is 6.94. The predicted octanol–water partition coefficient (Wildman–Crippen LogP) is 3.94. The molecule has 1 aliphatic rings. The van der Waals surface area contributed by atoms with Gasteiger partial charge in [-0.25, -0.2) is 4.98 Å². The standard InChI is InChI=1S/C14H23ClN4/c1-3-10-6-5-7-11(8-10)18-13-12(15)9-17-14(19-13)16-4-2/h9-11H,3-8H2,1-2H3,(H2,16,17,18,19). The lowest BCUT2D eigenvalue weighted by atomic mass is 9.84. The zero-order valence-corrected chi connectivity index (χ0v) is 12.5. The Morgan fingerprint density at radius 2 is 2.21 bits per heavy atom. The van der Waals surface area contributed by atoms with Crippen molar-refractivity contribution in [3.63, 3.8) is 0 Å². The van der Waals surface area contributed by atoms with E-state index in [9.17, 15) is 0 Å². The van der Waals surface area contributed by atoms with Crippen LogP contribution in [-0.4, -0.2) is 22.6 Å². The van der Waals surface area contributed by atoms with Crippen molar-refractivity contribution in [1.82, 2.24) is 9.97 Å². The third-order valence-electron chi connectivity index (χ3n) is 3.78. The van der Waals surface area contributed by atoms with Crippen LogP contribution in [0.5, 0.6) is 0 Å². The molecule has 0 bridgehead atoms. The number of rotatable bonds is 5. The van der Waals surface area contributed by atoms with Crippen LogP contribution >= 0.6 is 11.6 Å². The molecule has 2 unspecified atom stereocenters. The van der Waals surface area contributed by atoms with E-state index in [2.05, 4.69) is 27.5 Å². The molecule has 0 aliphatic heterocycles. The maximum atomic E-state index is 6.17. The molecule has 0 saturated heterocycles. The topological polar surface area (TPSA) is 49.8 Å². The molecule has 1 heterocycles. The van der Waals surface area contributed by atoms with Gasteiger partial charge in [0.25, 0.3) is 0 Å². The summed E-state index contributed by atoms with van der Waals surface area (Å²) in [5.41, 5.74) is 0. The van der Waals surface area contributed by atoms with Gasteiger partial charge in [-0.2, -0.15) is 4.98 Å². The van der Waals surface area contributed by atoms with E-state index >= 15 is 0 Å². The third-order valence-corrected chi connectivity index (χ3v) is 4.06. The van der Waals surface area contributed by atoms with Crippen LogP contribution in [0.15, 0.2) is 6.20 Å². The Labute approximate surface area is 120 Å². The summed E-state index contributed by atoms with van der Waals surface area (Å²) >= 11 is 6.17. The average Bonchev–Trinajstić information content (AvgIpc) is 2.43. The van der Waals surface area contributed by atoms with Gasteiger partial charge >= 0.3 is 0 Å². The Morgan fingerprint density at radius 3 is 2.95 bits per heavy atom. The quantitative estimate of drug-likeness (QED) is 0.859. The number of hydrogen-bond donors (Lipinski definition) is 2. The van der Waals surface area contributed by atoms with E-state index in [1.54, 1.807) is 6.20 Å². The molecule has 19 heavy (non-hydrogen) atoms. The maximum Gasteiger partial charge on any atom is 0.224 e. The fraction of sp³-hybridized carbons (Fsp3) is 0.714. The summed E-state index contributed by atoms with van der Waals surface area (Å²) in [6, 6.07) is 0.487. The van der Waals surface area contributed by atoms with Gasteiger partial charge in [0.05, 0.1) is 6.20 Å². The fourth-order valence-corrected chi connectivity index (χ4v) is 2.84. The van der Waals surface area contributed by atoms with Crippen LogP contribution in [0.3, 0.4) is 0 Å². The number of halogens is 1. The van der Waals surface area contributed by atoms with E-state index in [0.717, 1.165) is 18.3 Å². The number of hydrogen-bond acceptors (Lipinski definition) is 4. The molecule has 5 heteroatoms. The zero-order valence-electron chi connectivity index (χ0n) is 11.7. The molecule has 106 valence electrons. The van der Waals surface area contributed by atoms with Crippen molar-refractivity contribution < 1.29 is 0 Å². The van der Waals surface area contributed by atoms with E-state index in [-0.39, 0.29) is 0 Å². The van der Waals surface area contributed by atoms with Crippen LogP contribution in [-0.2, 0) is 0 Å². The molecule has 1 aromatic rings. The predicted molar refractivity (Wildman–Crippen MR) is 80.9 cm³/mol. The second-order valence-electron chi connectivity index (χ2n) is 5.20. The van der Waals surface area contributed by atoms with Gasteiger partial charge < -0.3 is 10.6 Å². The molecule has 0 radical (unpaired) electrons. The number of nitrogens with zero attached hydrogens (tertiary/aromatic N) is 2. The van der Waals surface area contributed by atoms with Gasteiger partial charge in [-0.15, -0.1) is 0 Å². The SMILES string of the molecule is CCNc1ncc(Cl)c(NC2CCCC(CC)C2)n1. The highest BCUT2D eigenvalue weighted by molar-refractivity contribution is 6.32. The maximum absolute atomic E-state index is 6.17. The van der Waals surface area contributed by atoms with Gasteiger partial charge in [0.2, 0.25) is 5.95 Å². The molecule has 2 atom stereocenters. The van der Waals surface area contributed by atoms with Crippen LogP contribution in [0.4, 0.5) is 11.8 Å². The lowest BCUT2D eigenvalue weighted by Crippen LogP contribution is -2.27. The van der Waals surface area contributed by atoms with Gasteiger partial charge in [0.1, 0.15) is 5.02 Å². The van der Waals surface area contributed by atoms with E-state index in [4.69, 9.17) is 11.6 Å². The lowest BCUT2D eigenvalue weighted by molar-refractivity contribution is 0.327. The minimum atomic E-state index is 0.487. The lowest BCUT2D eigenvalue weighted by Gasteiger charge is -2.29. The minimum Gasteiger partial charge on any atom is -0.366 e. The molecule has 1 saturated carbocycles. The largest absolute Gasteiger partial charge is 0.366 e. The smallest absolute Gasteiger partial charge is 0.224 e. The number of aromatic nitrogens is 2. The molecular weight excluding hydrogens is 260 g/mol. The number of nitrogens with one attached hydrogen (secondary N) is 2. The summed E-state index contributed by atoms with van der Waals surface area (Å²) in [5.74, 6) is 2.23. The van der Waals surface area contributed by atoms with Crippen LogP contribution in [0.2, 0.25) is 5.02 Å². The van der Waals surface area contributed by atoms with Crippen molar-refractivity contribution in [1.29, 1.82) is 0 Å². The van der Waals surface area contributed by atoms with E-state index < -0.39 is 0 Å². The summed E-state index contributed by atoms with van der Waals surface area (Å²) in [7, 11) is 0. The highest BCUT2D eigenvalue weighted by Crippen LogP contribution is 2.30. The first kappa shape index (κ1) is 14.4. The number of anilines is 2. The van der Waals surface area contributed by atoms with E-state index in [1.165, 1.54) is 32.1 Å². The summed E-state index contributed by atoms with van der Waals surface area (Å²) in [4.78, 5) is 8.60. The monoisotopic (exact) mass is 282 g/mol. The first-order chi connectivity index (χ1) is 9.22. The highest BCUT2D eigenvalue weighted by atomic mass is 35.5. The van der Waals surface area contributed by atoms with Crippen LogP contribution in [0, 0.1) is 5.92 Å². The molecule has 1 aromatic heterocycles. The zero-order chi connectivity index (χ0) is 13.7. The van der Waals surface area contributed by atoms with E-state index in [1.807, 2.05) is 6.92 Å². The van der Waals surface area contributed by atoms with Crippen LogP contribution in [0.1, 0.15) is 46.0 Å². The van der Waals surface area contributed by atoms with Gasteiger partial charge in [-0.3, -0.25) is 0 Å². The first-order valence-corrected chi connectivity index (χ1v) is 7.63. The molecule has 0 spiro atoms. The third kappa shape index (κ3) is 3.96.